The maximum Gasteiger partial charge on any atom is 0.146 e. The van der Waals surface area contributed by atoms with Crippen LogP contribution in [0.15, 0.2) is 12.1 Å². The van der Waals surface area contributed by atoms with E-state index in [1.807, 2.05) is 24.8 Å². The summed E-state index contributed by atoms with van der Waals surface area (Å²) < 4.78 is 0. The van der Waals surface area contributed by atoms with E-state index in [0.29, 0.717) is 24.3 Å². The number of hydrogen-bond donors (Lipinski definition) is 2. The molecule has 1 aromatic rings. The van der Waals surface area contributed by atoms with Crippen molar-refractivity contribution >= 4 is 5.82 Å². The topological polar surface area (TPSA) is 80.4 Å². The standard InChI is InChI=1S/C15H21N3O2/c1-10(2)12-5-4-11(8-16)14(17-12)18-7-6-15(3,20)13(19)9-18/h4-5,10,13,19-20H,6-7,9H2,1-3H3/t13-,15-/m1/s1. The molecule has 0 radical (unpaired) electrons. The molecule has 2 atom stereocenters. The van der Waals surface area contributed by atoms with Crippen LogP contribution in [-0.2, 0) is 0 Å². The molecule has 0 saturated carbocycles. The van der Waals surface area contributed by atoms with Crippen LogP contribution in [0.4, 0.5) is 5.82 Å². The highest BCUT2D eigenvalue weighted by Gasteiger charge is 2.37. The van der Waals surface area contributed by atoms with Gasteiger partial charge in [0.1, 0.15) is 11.9 Å². The molecule has 1 saturated heterocycles. The molecule has 2 N–H and O–H groups in total. The highest BCUT2D eigenvalue weighted by Crippen LogP contribution is 2.28. The van der Waals surface area contributed by atoms with Gasteiger partial charge in [0.15, 0.2) is 0 Å². The van der Waals surface area contributed by atoms with E-state index in [1.165, 1.54) is 0 Å². The smallest absolute Gasteiger partial charge is 0.146 e. The minimum absolute atomic E-state index is 0.277. The van der Waals surface area contributed by atoms with Crippen molar-refractivity contribution in [2.75, 3.05) is 18.0 Å². The SMILES string of the molecule is CC(C)c1ccc(C#N)c(N2CC[C@@](C)(O)[C@H](O)C2)n1. The van der Waals surface area contributed by atoms with E-state index < -0.39 is 11.7 Å². The van der Waals surface area contributed by atoms with E-state index >= 15 is 0 Å². The van der Waals surface area contributed by atoms with E-state index in [2.05, 4.69) is 11.1 Å². The first-order valence-corrected chi connectivity index (χ1v) is 6.91. The Balaban J connectivity index is 2.33. The van der Waals surface area contributed by atoms with Crippen molar-refractivity contribution in [2.24, 2.45) is 0 Å². The van der Waals surface area contributed by atoms with E-state index in [0.717, 1.165) is 5.69 Å². The molecule has 5 nitrogen and oxygen atoms in total. The van der Waals surface area contributed by atoms with Crippen LogP contribution in [-0.4, -0.2) is 40.0 Å². The molecule has 1 aliphatic heterocycles. The summed E-state index contributed by atoms with van der Waals surface area (Å²) in [6.07, 6.45) is -0.389. The van der Waals surface area contributed by atoms with Crippen LogP contribution in [0.3, 0.4) is 0 Å². The van der Waals surface area contributed by atoms with Crippen LogP contribution < -0.4 is 4.90 Å². The van der Waals surface area contributed by atoms with Gasteiger partial charge in [-0.25, -0.2) is 4.98 Å². The Morgan fingerprint density at radius 3 is 2.75 bits per heavy atom. The fraction of sp³-hybridized carbons (Fsp3) is 0.600. The lowest BCUT2D eigenvalue weighted by Gasteiger charge is -2.40. The van der Waals surface area contributed by atoms with Gasteiger partial charge in [0.05, 0.1) is 17.3 Å². The number of anilines is 1. The number of nitrogens with zero attached hydrogens (tertiary/aromatic N) is 3. The molecule has 1 aromatic heterocycles. The first-order valence-electron chi connectivity index (χ1n) is 6.91. The molecule has 5 heteroatoms. The Bertz CT molecular complexity index is 534. The second kappa shape index (κ2) is 5.39. The number of aliphatic hydroxyl groups is 2. The van der Waals surface area contributed by atoms with Crippen molar-refractivity contribution in [1.29, 1.82) is 5.26 Å². The Labute approximate surface area is 119 Å². The van der Waals surface area contributed by atoms with Crippen molar-refractivity contribution in [3.8, 4) is 6.07 Å². The van der Waals surface area contributed by atoms with Crippen molar-refractivity contribution in [3.05, 3.63) is 23.4 Å². The average molecular weight is 275 g/mol. The molecule has 0 aromatic carbocycles. The first kappa shape index (κ1) is 14.8. The van der Waals surface area contributed by atoms with E-state index in [4.69, 9.17) is 0 Å². The molecule has 0 bridgehead atoms. The van der Waals surface area contributed by atoms with Crippen molar-refractivity contribution in [2.45, 2.75) is 44.8 Å². The zero-order valence-electron chi connectivity index (χ0n) is 12.2. The number of aromatic nitrogens is 1. The normalized spacial score (nSPS) is 26.6. The molecule has 0 unspecified atom stereocenters. The fourth-order valence-electron chi connectivity index (χ4n) is 2.33. The van der Waals surface area contributed by atoms with Crippen LogP contribution >= 0.6 is 0 Å². The summed E-state index contributed by atoms with van der Waals surface area (Å²) in [6, 6.07) is 5.79. The highest BCUT2D eigenvalue weighted by molar-refractivity contribution is 5.55. The molecule has 0 spiro atoms. The van der Waals surface area contributed by atoms with Gasteiger partial charge in [0.2, 0.25) is 0 Å². The zero-order chi connectivity index (χ0) is 14.9. The largest absolute Gasteiger partial charge is 0.388 e. The Morgan fingerprint density at radius 2 is 2.20 bits per heavy atom. The predicted octanol–water partition coefficient (Wildman–Crippen LogP) is 1.40. The Kier molecular flexibility index (Phi) is 3.98. The quantitative estimate of drug-likeness (QED) is 0.852. The van der Waals surface area contributed by atoms with Crippen LogP contribution in [0.1, 0.15) is 44.4 Å². The molecular formula is C15H21N3O2. The number of hydrogen-bond acceptors (Lipinski definition) is 5. The molecule has 2 rings (SSSR count). The number of piperidine rings is 1. The van der Waals surface area contributed by atoms with Crippen LogP contribution in [0.25, 0.3) is 0 Å². The van der Waals surface area contributed by atoms with Gasteiger partial charge in [-0.05, 0) is 31.4 Å². The van der Waals surface area contributed by atoms with E-state index in [1.54, 1.807) is 13.0 Å². The lowest BCUT2D eigenvalue weighted by atomic mass is 9.90. The molecule has 0 aliphatic carbocycles. The summed E-state index contributed by atoms with van der Waals surface area (Å²) >= 11 is 0. The average Bonchev–Trinajstić information content (AvgIpc) is 2.41. The maximum atomic E-state index is 10.0. The van der Waals surface area contributed by atoms with Gasteiger partial charge in [-0.3, -0.25) is 0 Å². The Hall–Kier alpha value is -1.64. The summed E-state index contributed by atoms with van der Waals surface area (Å²) in [5.74, 6) is 0.882. The molecule has 20 heavy (non-hydrogen) atoms. The van der Waals surface area contributed by atoms with Gasteiger partial charge in [-0.1, -0.05) is 13.8 Å². The zero-order valence-corrected chi connectivity index (χ0v) is 12.2. The van der Waals surface area contributed by atoms with E-state index in [-0.39, 0.29) is 12.5 Å². The first-order chi connectivity index (χ1) is 9.35. The van der Waals surface area contributed by atoms with Gasteiger partial charge >= 0.3 is 0 Å². The van der Waals surface area contributed by atoms with Gasteiger partial charge in [-0.2, -0.15) is 5.26 Å². The number of aliphatic hydroxyl groups excluding tert-OH is 1. The van der Waals surface area contributed by atoms with Crippen molar-refractivity contribution in [1.82, 2.24) is 4.98 Å². The van der Waals surface area contributed by atoms with Crippen LogP contribution in [0.5, 0.6) is 0 Å². The molecule has 1 aliphatic rings. The van der Waals surface area contributed by atoms with Gasteiger partial charge in [0.25, 0.3) is 0 Å². The van der Waals surface area contributed by atoms with Gasteiger partial charge in [0, 0.05) is 18.8 Å². The third kappa shape index (κ3) is 2.77. The molecular weight excluding hydrogens is 254 g/mol. The van der Waals surface area contributed by atoms with E-state index in [9.17, 15) is 15.5 Å². The predicted molar refractivity (Wildman–Crippen MR) is 76.5 cm³/mol. The summed E-state index contributed by atoms with van der Waals surface area (Å²) in [4.78, 5) is 6.44. The number of nitriles is 1. The van der Waals surface area contributed by atoms with Crippen molar-refractivity contribution < 1.29 is 10.2 Å². The lowest BCUT2D eigenvalue weighted by Crippen LogP contribution is -2.54. The number of rotatable bonds is 2. The minimum Gasteiger partial charge on any atom is -0.388 e. The third-order valence-electron chi connectivity index (χ3n) is 3.91. The van der Waals surface area contributed by atoms with Crippen molar-refractivity contribution in [3.63, 3.8) is 0 Å². The lowest BCUT2D eigenvalue weighted by molar-refractivity contribution is -0.0722. The third-order valence-corrected chi connectivity index (χ3v) is 3.91. The number of β-amino-alcohol motifs (C(OH)–C–C–N with tert-alkyl or cyclic N) is 1. The molecule has 1 fully saturated rings. The number of pyridine rings is 1. The highest BCUT2D eigenvalue weighted by atomic mass is 16.3. The van der Waals surface area contributed by atoms with Gasteiger partial charge < -0.3 is 15.1 Å². The van der Waals surface area contributed by atoms with Crippen LogP contribution in [0.2, 0.25) is 0 Å². The second-order valence-electron chi connectivity index (χ2n) is 5.94. The fourth-order valence-corrected chi connectivity index (χ4v) is 2.33. The second-order valence-corrected chi connectivity index (χ2v) is 5.94. The Morgan fingerprint density at radius 1 is 1.50 bits per heavy atom. The summed E-state index contributed by atoms with van der Waals surface area (Å²) in [6.45, 7) is 6.60. The maximum absolute atomic E-state index is 10.0. The minimum atomic E-state index is -1.07. The summed E-state index contributed by atoms with van der Waals surface area (Å²) in [7, 11) is 0. The summed E-state index contributed by atoms with van der Waals surface area (Å²) in [5, 5.41) is 29.2. The molecule has 2 heterocycles. The van der Waals surface area contributed by atoms with Gasteiger partial charge in [-0.15, -0.1) is 0 Å². The monoisotopic (exact) mass is 275 g/mol. The summed E-state index contributed by atoms with van der Waals surface area (Å²) in [5.41, 5.74) is 0.354. The van der Waals surface area contributed by atoms with Crippen LogP contribution in [0, 0.1) is 11.3 Å². The molecule has 108 valence electrons. The molecule has 0 amide bonds.